The molecule has 0 saturated carbocycles. The van der Waals surface area contributed by atoms with E-state index in [0.717, 1.165) is 9.36 Å². The smallest absolute Gasteiger partial charge is 0.368 e. The molecule has 18 heavy (non-hydrogen) atoms. The highest BCUT2D eigenvalue weighted by molar-refractivity contribution is 5.43. The maximum atomic E-state index is 13.5. The van der Waals surface area contributed by atoms with Crippen molar-refractivity contribution in [3.8, 4) is 5.69 Å². The van der Waals surface area contributed by atoms with Gasteiger partial charge in [-0.3, -0.25) is 0 Å². The molecule has 0 aliphatic rings. The van der Waals surface area contributed by atoms with Crippen molar-refractivity contribution in [1.29, 1.82) is 0 Å². The van der Waals surface area contributed by atoms with Crippen molar-refractivity contribution in [2.24, 2.45) is 7.05 Å². The van der Waals surface area contributed by atoms with E-state index in [2.05, 4.69) is 10.4 Å². The fourth-order valence-electron chi connectivity index (χ4n) is 1.69. The second-order valence-electron chi connectivity index (χ2n) is 4.00. The molecule has 1 heterocycles. The van der Waals surface area contributed by atoms with Gasteiger partial charge in [0.15, 0.2) is 0 Å². The van der Waals surface area contributed by atoms with Crippen LogP contribution in [0.3, 0.4) is 0 Å². The summed E-state index contributed by atoms with van der Waals surface area (Å²) in [5, 5.41) is 16.3. The third-order valence-electron chi connectivity index (χ3n) is 2.69. The first-order chi connectivity index (χ1) is 8.54. The van der Waals surface area contributed by atoms with Crippen LogP contribution in [0.1, 0.15) is 11.1 Å². The molecule has 0 saturated heterocycles. The lowest BCUT2D eigenvalue weighted by Gasteiger charge is -2.09. The van der Waals surface area contributed by atoms with Crippen LogP contribution in [0.4, 0.5) is 4.39 Å². The molecule has 0 aliphatic heterocycles. The zero-order chi connectivity index (χ0) is 13.3. The van der Waals surface area contributed by atoms with Gasteiger partial charge in [0.1, 0.15) is 5.82 Å². The Kier molecular flexibility index (Phi) is 3.24. The van der Waals surface area contributed by atoms with E-state index in [4.69, 9.17) is 5.11 Å². The van der Waals surface area contributed by atoms with Crippen molar-refractivity contribution in [2.75, 3.05) is 6.61 Å². The molecule has 0 bridgehead atoms. The Morgan fingerprint density at radius 3 is 2.67 bits per heavy atom. The van der Waals surface area contributed by atoms with Gasteiger partial charge in [0.25, 0.3) is 0 Å². The van der Waals surface area contributed by atoms with E-state index < -0.39 is 5.69 Å². The minimum Gasteiger partial charge on any atom is -0.396 e. The molecular formula is C11H13FN4O2. The largest absolute Gasteiger partial charge is 0.396 e. The van der Waals surface area contributed by atoms with Gasteiger partial charge in [0, 0.05) is 13.7 Å². The van der Waals surface area contributed by atoms with Crippen LogP contribution in [0.25, 0.3) is 5.69 Å². The van der Waals surface area contributed by atoms with Crippen molar-refractivity contribution in [3.63, 3.8) is 0 Å². The summed E-state index contributed by atoms with van der Waals surface area (Å²) in [5.41, 5.74) is 0.952. The predicted molar refractivity (Wildman–Crippen MR) is 62.1 cm³/mol. The molecule has 0 unspecified atom stereocenters. The van der Waals surface area contributed by atoms with E-state index in [-0.39, 0.29) is 18.8 Å². The molecule has 1 aromatic carbocycles. The fraction of sp³-hybridized carbons (Fsp3) is 0.364. The number of aryl methyl sites for hydroxylation is 2. The molecule has 0 fully saturated rings. The molecule has 0 amide bonds. The Bertz CT molecular complexity index is 632. The summed E-state index contributed by atoms with van der Waals surface area (Å²) in [6.07, 6.45) is 0.246. The first-order valence-corrected chi connectivity index (χ1v) is 5.44. The summed E-state index contributed by atoms with van der Waals surface area (Å²) < 4.78 is 15.7. The second kappa shape index (κ2) is 4.69. The van der Waals surface area contributed by atoms with E-state index in [0.29, 0.717) is 16.8 Å². The van der Waals surface area contributed by atoms with Crippen LogP contribution in [0, 0.1) is 12.7 Å². The van der Waals surface area contributed by atoms with Crippen LogP contribution >= 0.6 is 0 Å². The quantitative estimate of drug-likeness (QED) is 0.831. The van der Waals surface area contributed by atoms with Gasteiger partial charge in [-0.25, -0.2) is 9.18 Å². The molecular weight excluding hydrogens is 239 g/mol. The van der Waals surface area contributed by atoms with Crippen molar-refractivity contribution >= 4 is 0 Å². The zero-order valence-electron chi connectivity index (χ0n) is 10.1. The summed E-state index contributed by atoms with van der Waals surface area (Å²) in [6, 6.07) is 2.83. The van der Waals surface area contributed by atoms with E-state index in [1.54, 1.807) is 6.92 Å². The molecule has 0 spiro atoms. The maximum Gasteiger partial charge on any atom is 0.368 e. The number of benzene rings is 1. The van der Waals surface area contributed by atoms with Crippen molar-refractivity contribution in [2.45, 2.75) is 13.3 Å². The highest BCUT2D eigenvalue weighted by Gasteiger charge is 2.13. The number of hydrogen-bond acceptors (Lipinski definition) is 4. The Labute approximate surface area is 102 Å². The van der Waals surface area contributed by atoms with Crippen LogP contribution in [-0.2, 0) is 13.5 Å². The lowest BCUT2D eigenvalue weighted by Crippen LogP contribution is -2.23. The van der Waals surface area contributed by atoms with E-state index in [9.17, 15) is 9.18 Å². The molecule has 7 heteroatoms. The monoisotopic (exact) mass is 252 g/mol. The molecule has 96 valence electrons. The average Bonchev–Trinajstić information content (AvgIpc) is 2.65. The first-order valence-electron chi connectivity index (χ1n) is 5.44. The third kappa shape index (κ3) is 2.04. The summed E-state index contributed by atoms with van der Waals surface area (Å²) in [5.74, 6) is -0.376. The number of nitrogens with zero attached hydrogens (tertiary/aromatic N) is 4. The number of hydrogen-bond donors (Lipinski definition) is 1. The standard InChI is InChI=1S/C11H13FN4O2/c1-7-5-10(8(3-4-17)6-9(7)12)16-11(18)15(2)13-14-16/h5-6,17H,3-4H2,1-2H3. The first kappa shape index (κ1) is 12.4. The number of tetrazole rings is 1. The molecule has 1 N–H and O–H groups in total. The predicted octanol–water partition coefficient (Wildman–Crippen LogP) is -0.0517. The van der Waals surface area contributed by atoms with Crippen LogP contribution in [0.2, 0.25) is 0 Å². The Morgan fingerprint density at radius 2 is 2.11 bits per heavy atom. The molecule has 2 rings (SSSR count). The topological polar surface area (TPSA) is 72.9 Å². The van der Waals surface area contributed by atoms with Crippen molar-refractivity contribution in [3.05, 3.63) is 39.6 Å². The van der Waals surface area contributed by atoms with E-state index in [1.165, 1.54) is 19.2 Å². The molecule has 1 aromatic heterocycles. The SMILES string of the molecule is Cc1cc(-n2nnn(C)c2=O)c(CCO)cc1F. The zero-order valence-corrected chi connectivity index (χ0v) is 10.1. The van der Waals surface area contributed by atoms with Gasteiger partial charge < -0.3 is 5.11 Å². The number of halogens is 1. The van der Waals surface area contributed by atoms with Crippen LogP contribution in [-0.4, -0.2) is 31.5 Å². The summed E-state index contributed by atoms with van der Waals surface area (Å²) in [4.78, 5) is 11.8. The molecule has 0 atom stereocenters. The van der Waals surface area contributed by atoms with Gasteiger partial charge in [0.2, 0.25) is 0 Å². The van der Waals surface area contributed by atoms with Crippen LogP contribution in [0.15, 0.2) is 16.9 Å². The average molecular weight is 252 g/mol. The highest BCUT2D eigenvalue weighted by atomic mass is 19.1. The minimum absolute atomic E-state index is 0.134. The molecule has 0 radical (unpaired) electrons. The maximum absolute atomic E-state index is 13.5. The number of rotatable bonds is 3. The van der Waals surface area contributed by atoms with Gasteiger partial charge in [0.05, 0.1) is 5.69 Å². The van der Waals surface area contributed by atoms with Crippen LogP contribution < -0.4 is 5.69 Å². The lowest BCUT2D eigenvalue weighted by atomic mass is 10.1. The summed E-state index contributed by atoms with van der Waals surface area (Å²) in [7, 11) is 1.48. The summed E-state index contributed by atoms with van der Waals surface area (Å²) >= 11 is 0. The van der Waals surface area contributed by atoms with Gasteiger partial charge in [-0.1, -0.05) is 0 Å². The molecule has 6 nitrogen and oxygen atoms in total. The number of aliphatic hydroxyl groups excluding tert-OH is 1. The fourth-order valence-corrected chi connectivity index (χ4v) is 1.69. The van der Waals surface area contributed by atoms with Gasteiger partial charge in [-0.15, -0.1) is 0 Å². The minimum atomic E-state index is -0.416. The third-order valence-corrected chi connectivity index (χ3v) is 2.69. The Morgan fingerprint density at radius 1 is 1.39 bits per heavy atom. The van der Waals surface area contributed by atoms with Crippen LogP contribution in [0.5, 0.6) is 0 Å². The normalized spacial score (nSPS) is 10.9. The van der Waals surface area contributed by atoms with E-state index in [1.807, 2.05) is 0 Å². The lowest BCUT2D eigenvalue weighted by molar-refractivity contribution is 0.299. The molecule has 0 aliphatic carbocycles. The van der Waals surface area contributed by atoms with Gasteiger partial charge in [-0.2, -0.15) is 9.36 Å². The number of aliphatic hydroxyl groups is 1. The van der Waals surface area contributed by atoms with Gasteiger partial charge in [-0.05, 0) is 47.0 Å². The molecule has 2 aromatic rings. The van der Waals surface area contributed by atoms with Crippen molar-refractivity contribution in [1.82, 2.24) is 19.8 Å². The Balaban J connectivity index is 2.65. The highest BCUT2D eigenvalue weighted by Crippen LogP contribution is 2.18. The van der Waals surface area contributed by atoms with Gasteiger partial charge >= 0.3 is 5.69 Å². The number of aromatic nitrogens is 4. The van der Waals surface area contributed by atoms with Crippen molar-refractivity contribution < 1.29 is 9.50 Å². The van der Waals surface area contributed by atoms with E-state index >= 15 is 0 Å². The second-order valence-corrected chi connectivity index (χ2v) is 4.00. The Hall–Kier alpha value is -2.02. The summed E-state index contributed by atoms with van der Waals surface area (Å²) in [6.45, 7) is 1.47.